The number of nitrogens with one attached hydrogen (secondary N) is 1. The molecule has 0 aliphatic heterocycles. The SMILES string of the molecule is CCS(=O)(=O)CCC(C)CCNC. The highest BCUT2D eigenvalue weighted by Gasteiger charge is 2.10. The minimum Gasteiger partial charge on any atom is -0.320 e. The molecular weight excluding hydrogens is 186 g/mol. The van der Waals surface area contributed by atoms with E-state index >= 15 is 0 Å². The van der Waals surface area contributed by atoms with Gasteiger partial charge in [-0.05, 0) is 32.4 Å². The van der Waals surface area contributed by atoms with Crippen LogP contribution in [0.2, 0.25) is 0 Å². The second-order valence-electron chi connectivity index (χ2n) is 3.52. The molecule has 0 heterocycles. The van der Waals surface area contributed by atoms with Crippen LogP contribution in [0.25, 0.3) is 0 Å². The fourth-order valence-corrected chi connectivity index (χ4v) is 2.11. The molecular formula is C9H21NO2S. The number of rotatable bonds is 7. The predicted octanol–water partition coefficient (Wildman–Crippen LogP) is 1.06. The molecule has 4 heteroatoms. The van der Waals surface area contributed by atoms with Gasteiger partial charge >= 0.3 is 0 Å². The van der Waals surface area contributed by atoms with E-state index in [1.165, 1.54) is 0 Å². The van der Waals surface area contributed by atoms with Crippen LogP contribution in [0, 0.1) is 5.92 Å². The smallest absolute Gasteiger partial charge is 0.150 e. The largest absolute Gasteiger partial charge is 0.320 e. The minimum absolute atomic E-state index is 0.270. The summed E-state index contributed by atoms with van der Waals surface area (Å²) in [4.78, 5) is 0. The molecule has 0 aliphatic rings. The summed E-state index contributed by atoms with van der Waals surface area (Å²) in [7, 11) is -0.848. The molecule has 0 saturated carbocycles. The Morgan fingerprint density at radius 2 is 1.92 bits per heavy atom. The van der Waals surface area contributed by atoms with Crippen molar-refractivity contribution in [2.24, 2.45) is 5.92 Å². The molecule has 1 atom stereocenters. The van der Waals surface area contributed by atoms with Gasteiger partial charge in [-0.15, -0.1) is 0 Å². The zero-order chi connectivity index (χ0) is 10.3. The van der Waals surface area contributed by atoms with E-state index in [1.54, 1.807) is 6.92 Å². The molecule has 0 aliphatic carbocycles. The van der Waals surface area contributed by atoms with E-state index < -0.39 is 9.84 Å². The van der Waals surface area contributed by atoms with Gasteiger partial charge in [0.2, 0.25) is 0 Å². The Hall–Kier alpha value is -0.0900. The van der Waals surface area contributed by atoms with E-state index in [2.05, 4.69) is 12.2 Å². The molecule has 3 nitrogen and oxygen atoms in total. The van der Waals surface area contributed by atoms with Crippen molar-refractivity contribution in [2.45, 2.75) is 26.7 Å². The molecule has 0 spiro atoms. The highest BCUT2D eigenvalue weighted by molar-refractivity contribution is 7.91. The highest BCUT2D eigenvalue weighted by Crippen LogP contribution is 2.08. The van der Waals surface area contributed by atoms with Crippen molar-refractivity contribution in [2.75, 3.05) is 25.1 Å². The normalized spacial score (nSPS) is 14.4. The van der Waals surface area contributed by atoms with Crippen LogP contribution in [0.15, 0.2) is 0 Å². The summed E-state index contributed by atoms with van der Waals surface area (Å²) in [6.45, 7) is 4.77. The van der Waals surface area contributed by atoms with Crippen LogP contribution in [0.4, 0.5) is 0 Å². The molecule has 0 saturated heterocycles. The standard InChI is InChI=1S/C9H21NO2S/c1-4-13(11,12)8-6-9(2)5-7-10-3/h9-10H,4-8H2,1-3H3. The van der Waals surface area contributed by atoms with E-state index in [1.807, 2.05) is 7.05 Å². The van der Waals surface area contributed by atoms with Crippen LogP contribution in [0.1, 0.15) is 26.7 Å². The van der Waals surface area contributed by atoms with Gasteiger partial charge in [-0.3, -0.25) is 0 Å². The van der Waals surface area contributed by atoms with Crippen LogP contribution in [0.5, 0.6) is 0 Å². The Morgan fingerprint density at radius 3 is 2.38 bits per heavy atom. The van der Waals surface area contributed by atoms with Gasteiger partial charge in [0.1, 0.15) is 9.84 Å². The van der Waals surface area contributed by atoms with Crippen LogP contribution in [-0.2, 0) is 9.84 Å². The lowest BCUT2D eigenvalue weighted by Gasteiger charge is -2.10. The fourth-order valence-electron chi connectivity index (χ4n) is 1.06. The molecule has 0 radical (unpaired) electrons. The van der Waals surface area contributed by atoms with Gasteiger partial charge in [-0.2, -0.15) is 0 Å². The van der Waals surface area contributed by atoms with Crippen molar-refractivity contribution in [3.63, 3.8) is 0 Å². The van der Waals surface area contributed by atoms with Gasteiger partial charge in [0.15, 0.2) is 0 Å². The van der Waals surface area contributed by atoms with Crippen molar-refractivity contribution in [3.05, 3.63) is 0 Å². The summed E-state index contributed by atoms with van der Waals surface area (Å²) < 4.78 is 22.3. The summed E-state index contributed by atoms with van der Waals surface area (Å²) in [5, 5.41) is 3.06. The lowest BCUT2D eigenvalue weighted by Crippen LogP contribution is -2.15. The number of hydrogen-bond acceptors (Lipinski definition) is 3. The molecule has 0 aromatic rings. The maximum absolute atomic E-state index is 11.2. The average molecular weight is 207 g/mol. The van der Waals surface area contributed by atoms with Gasteiger partial charge in [0.25, 0.3) is 0 Å². The van der Waals surface area contributed by atoms with Crippen LogP contribution in [-0.4, -0.2) is 33.5 Å². The molecule has 1 unspecified atom stereocenters. The Balaban J connectivity index is 3.63. The maximum Gasteiger partial charge on any atom is 0.150 e. The summed E-state index contributed by atoms with van der Waals surface area (Å²) in [5.41, 5.74) is 0. The Morgan fingerprint density at radius 1 is 1.31 bits per heavy atom. The first-order valence-corrected chi connectivity index (χ1v) is 6.69. The molecule has 1 N–H and O–H groups in total. The molecule has 0 rings (SSSR count). The van der Waals surface area contributed by atoms with Crippen LogP contribution < -0.4 is 5.32 Å². The summed E-state index contributed by atoms with van der Waals surface area (Å²) in [6, 6.07) is 0. The van der Waals surface area contributed by atoms with Crippen molar-refractivity contribution >= 4 is 9.84 Å². The van der Waals surface area contributed by atoms with E-state index in [9.17, 15) is 8.42 Å². The first-order valence-electron chi connectivity index (χ1n) is 4.87. The Labute approximate surface area is 81.8 Å². The zero-order valence-corrected chi connectivity index (χ0v) is 9.65. The monoisotopic (exact) mass is 207 g/mol. The second kappa shape index (κ2) is 6.38. The predicted molar refractivity (Wildman–Crippen MR) is 56.7 cm³/mol. The first kappa shape index (κ1) is 12.9. The summed E-state index contributed by atoms with van der Waals surface area (Å²) >= 11 is 0. The molecule has 0 bridgehead atoms. The molecule has 0 fully saturated rings. The second-order valence-corrected chi connectivity index (χ2v) is 6.00. The number of hydrogen-bond donors (Lipinski definition) is 1. The van der Waals surface area contributed by atoms with Gasteiger partial charge in [0.05, 0.1) is 5.75 Å². The van der Waals surface area contributed by atoms with Crippen LogP contribution in [0.3, 0.4) is 0 Å². The topological polar surface area (TPSA) is 46.2 Å². The lowest BCUT2D eigenvalue weighted by molar-refractivity contribution is 0.498. The van der Waals surface area contributed by atoms with Crippen molar-refractivity contribution in [3.8, 4) is 0 Å². The first-order chi connectivity index (χ1) is 6.02. The third-order valence-electron chi connectivity index (χ3n) is 2.25. The summed E-state index contributed by atoms with van der Waals surface area (Å²) in [5.74, 6) is 1.11. The lowest BCUT2D eigenvalue weighted by atomic mass is 10.1. The fraction of sp³-hybridized carbons (Fsp3) is 1.00. The molecule has 0 amide bonds. The van der Waals surface area contributed by atoms with Gasteiger partial charge in [-0.25, -0.2) is 8.42 Å². The van der Waals surface area contributed by atoms with Gasteiger partial charge in [-0.1, -0.05) is 13.8 Å². The van der Waals surface area contributed by atoms with Crippen LogP contribution >= 0.6 is 0 Å². The van der Waals surface area contributed by atoms with Gasteiger partial charge < -0.3 is 5.32 Å². The third-order valence-corrected chi connectivity index (χ3v) is 3.99. The maximum atomic E-state index is 11.2. The van der Waals surface area contributed by atoms with E-state index in [-0.39, 0.29) is 5.75 Å². The number of sulfone groups is 1. The van der Waals surface area contributed by atoms with Crippen molar-refractivity contribution in [1.82, 2.24) is 5.32 Å². The molecule has 80 valence electrons. The quantitative estimate of drug-likeness (QED) is 0.679. The van der Waals surface area contributed by atoms with E-state index in [0.29, 0.717) is 11.7 Å². The third kappa shape index (κ3) is 7.02. The Kier molecular flexibility index (Phi) is 6.33. The van der Waals surface area contributed by atoms with E-state index in [4.69, 9.17) is 0 Å². The van der Waals surface area contributed by atoms with Crippen molar-refractivity contribution in [1.29, 1.82) is 0 Å². The van der Waals surface area contributed by atoms with Crippen molar-refractivity contribution < 1.29 is 8.42 Å². The molecule has 0 aromatic carbocycles. The summed E-state index contributed by atoms with van der Waals surface area (Å²) in [6.07, 6.45) is 1.84. The zero-order valence-electron chi connectivity index (χ0n) is 8.84. The van der Waals surface area contributed by atoms with Gasteiger partial charge in [0, 0.05) is 5.75 Å². The minimum atomic E-state index is -2.76. The average Bonchev–Trinajstić information content (AvgIpc) is 2.11. The van der Waals surface area contributed by atoms with E-state index in [0.717, 1.165) is 19.4 Å². The molecule has 0 aromatic heterocycles. The Bertz CT molecular complexity index is 212. The molecule has 13 heavy (non-hydrogen) atoms. The highest BCUT2D eigenvalue weighted by atomic mass is 32.2.